The first-order valence-corrected chi connectivity index (χ1v) is 8.46. The minimum absolute atomic E-state index is 0.0219. The molecule has 5 nitrogen and oxygen atoms in total. The van der Waals surface area contributed by atoms with Crippen LogP contribution in [0.2, 0.25) is 0 Å². The van der Waals surface area contributed by atoms with Crippen LogP contribution in [0.15, 0.2) is 24.3 Å². The molecule has 1 atom stereocenters. The molecule has 2 N–H and O–H groups in total. The Morgan fingerprint density at radius 2 is 2.24 bits per heavy atom. The van der Waals surface area contributed by atoms with Crippen LogP contribution < -0.4 is 4.72 Å². The van der Waals surface area contributed by atoms with E-state index in [1.165, 1.54) is 4.31 Å². The van der Waals surface area contributed by atoms with Gasteiger partial charge < -0.3 is 5.11 Å². The van der Waals surface area contributed by atoms with Crippen molar-refractivity contribution in [1.29, 1.82) is 0 Å². The van der Waals surface area contributed by atoms with E-state index < -0.39 is 10.2 Å². The van der Waals surface area contributed by atoms with E-state index in [-0.39, 0.29) is 12.6 Å². The Labute approximate surface area is 126 Å². The fourth-order valence-electron chi connectivity index (χ4n) is 2.44. The van der Waals surface area contributed by atoms with Crippen LogP contribution in [0.25, 0.3) is 0 Å². The maximum absolute atomic E-state index is 12.4. The number of piperidine rings is 1. The standard InChI is InChI=1S/C15H20N2O3S/c1-13-6-2-3-10-17(13)21(19,20)16-15-9-4-7-14(12-15)8-5-11-18/h4,7,9,12-13,16,18H,2-3,6,10-11H2,1H3. The average Bonchev–Trinajstić information content (AvgIpc) is 2.45. The van der Waals surface area contributed by atoms with Crippen LogP contribution in [0.4, 0.5) is 5.69 Å². The van der Waals surface area contributed by atoms with Gasteiger partial charge in [0.25, 0.3) is 0 Å². The Hall–Kier alpha value is -1.55. The number of hydrogen-bond donors (Lipinski definition) is 2. The maximum Gasteiger partial charge on any atom is 0.301 e. The lowest BCUT2D eigenvalue weighted by molar-refractivity contribution is 0.270. The van der Waals surface area contributed by atoms with E-state index in [1.807, 2.05) is 6.92 Å². The first kappa shape index (κ1) is 15.8. The summed E-state index contributed by atoms with van der Waals surface area (Å²) in [6, 6.07) is 6.88. The van der Waals surface area contributed by atoms with Gasteiger partial charge in [0.1, 0.15) is 6.61 Å². The summed E-state index contributed by atoms with van der Waals surface area (Å²) >= 11 is 0. The summed E-state index contributed by atoms with van der Waals surface area (Å²) in [6.07, 6.45) is 2.86. The molecular weight excluding hydrogens is 288 g/mol. The van der Waals surface area contributed by atoms with Gasteiger partial charge in [0.05, 0.1) is 5.69 Å². The maximum atomic E-state index is 12.4. The van der Waals surface area contributed by atoms with Gasteiger partial charge in [-0.05, 0) is 38.0 Å². The van der Waals surface area contributed by atoms with Gasteiger partial charge in [-0.15, -0.1) is 0 Å². The summed E-state index contributed by atoms with van der Waals surface area (Å²) in [5, 5.41) is 8.69. The Balaban J connectivity index is 2.16. The van der Waals surface area contributed by atoms with Crippen molar-refractivity contribution in [3.8, 4) is 11.8 Å². The van der Waals surface area contributed by atoms with Crippen molar-refractivity contribution in [3.63, 3.8) is 0 Å². The molecule has 114 valence electrons. The minimum atomic E-state index is -3.54. The van der Waals surface area contributed by atoms with Crippen molar-refractivity contribution >= 4 is 15.9 Å². The van der Waals surface area contributed by atoms with Crippen LogP contribution >= 0.6 is 0 Å². The van der Waals surface area contributed by atoms with Crippen LogP contribution in [0.5, 0.6) is 0 Å². The van der Waals surface area contributed by atoms with Gasteiger partial charge in [-0.2, -0.15) is 12.7 Å². The summed E-state index contributed by atoms with van der Waals surface area (Å²) in [4.78, 5) is 0. The zero-order chi connectivity index (χ0) is 15.3. The number of aliphatic hydroxyl groups excluding tert-OH is 1. The molecule has 0 aliphatic carbocycles. The first-order valence-electron chi connectivity index (χ1n) is 7.02. The molecule has 0 spiro atoms. The highest BCUT2D eigenvalue weighted by Gasteiger charge is 2.29. The smallest absolute Gasteiger partial charge is 0.301 e. The van der Waals surface area contributed by atoms with Crippen LogP contribution in [-0.2, 0) is 10.2 Å². The van der Waals surface area contributed by atoms with E-state index in [1.54, 1.807) is 24.3 Å². The van der Waals surface area contributed by atoms with E-state index in [9.17, 15) is 8.42 Å². The van der Waals surface area contributed by atoms with Crippen LogP contribution in [-0.4, -0.2) is 37.0 Å². The van der Waals surface area contributed by atoms with E-state index in [0.29, 0.717) is 17.8 Å². The van der Waals surface area contributed by atoms with Crippen LogP contribution in [0.3, 0.4) is 0 Å². The zero-order valence-corrected chi connectivity index (χ0v) is 12.9. The Bertz CT molecular complexity index is 646. The lowest BCUT2D eigenvalue weighted by Crippen LogP contribution is -2.44. The lowest BCUT2D eigenvalue weighted by atomic mass is 10.1. The summed E-state index contributed by atoms with van der Waals surface area (Å²) in [7, 11) is -3.54. The van der Waals surface area contributed by atoms with Gasteiger partial charge >= 0.3 is 10.2 Å². The Morgan fingerprint density at radius 3 is 2.95 bits per heavy atom. The number of benzene rings is 1. The third kappa shape index (κ3) is 4.21. The summed E-state index contributed by atoms with van der Waals surface area (Å²) < 4.78 is 29.0. The number of nitrogens with zero attached hydrogens (tertiary/aromatic N) is 1. The first-order chi connectivity index (χ1) is 10.0. The zero-order valence-electron chi connectivity index (χ0n) is 12.0. The van der Waals surface area contributed by atoms with Crippen LogP contribution in [0, 0.1) is 11.8 Å². The van der Waals surface area contributed by atoms with Gasteiger partial charge in [0, 0.05) is 18.2 Å². The number of hydrogen-bond acceptors (Lipinski definition) is 3. The SMILES string of the molecule is CC1CCCCN1S(=O)(=O)Nc1cccc(C#CCO)c1. The number of anilines is 1. The minimum Gasteiger partial charge on any atom is -0.384 e. The molecule has 6 heteroatoms. The highest BCUT2D eigenvalue weighted by molar-refractivity contribution is 7.90. The second-order valence-corrected chi connectivity index (χ2v) is 6.73. The highest BCUT2D eigenvalue weighted by Crippen LogP contribution is 2.22. The molecular formula is C15H20N2O3S. The predicted octanol–water partition coefficient (Wildman–Crippen LogP) is 1.56. The summed E-state index contributed by atoms with van der Waals surface area (Å²) in [6.45, 7) is 2.27. The van der Waals surface area contributed by atoms with E-state index in [2.05, 4.69) is 16.6 Å². The number of rotatable bonds is 3. The van der Waals surface area contributed by atoms with Gasteiger partial charge in [0.2, 0.25) is 0 Å². The second kappa shape index (κ2) is 6.94. The molecule has 1 heterocycles. The molecule has 0 radical (unpaired) electrons. The van der Waals surface area contributed by atoms with Crippen molar-refractivity contribution in [2.45, 2.75) is 32.2 Å². The molecule has 1 aliphatic rings. The molecule has 2 rings (SSSR count). The fourth-order valence-corrected chi connectivity index (χ4v) is 3.93. The molecule has 1 aromatic rings. The average molecular weight is 308 g/mol. The Morgan fingerprint density at radius 1 is 1.43 bits per heavy atom. The summed E-state index contributed by atoms with van der Waals surface area (Å²) in [5.74, 6) is 5.30. The van der Waals surface area contributed by atoms with Crippen LogP contribution in [0.1, 0.15) is 31.7 Å². The third-order valence-electron chi connectivity index (χ3n) is 3.47. The normalized spacial score (nSPS) is 19.6. The monoisotopic (exact) mass is 308 g/mol. The van der Waals surface area contributed by atoms with Crippen molar-refractivity contribution in [1.82, 2.24) is 4.31 Å². The predicted molar refractivity (Wildman–Crippen MR) is 83.0 cm³/mol. The number of aliphatic hydroxyl groups is 1. The molecule has 1 fully saturated rings. The molecule has 0 bridgehead atoms. The molecule has 0 aromatic heterocycles. The highest BCUT2D eigenvalue weighted by atomic mass is 32.2. The van der Waals surface area contributed by atoms with Crippen molar-refractivity contribution in [2.75, 3.05) is 17.9 Å². The molecule has 1 aromatic carbocycles. The van der Waals surface area contributed by atoms with Gasteiger partial charge in [-0.3, -0.25) is 4.72 Å². The van der Waals surface area contributed by atoms with Crippen molar-refractivity contribution in [2.24, 2.45) is 0 Å². The van der Waals surface area contributed by atoms with E-state index in [0.717, 1.165) is 19.3 Å². The molecule has 0 saturated carbocycles. The molecule has 0 amide bonds. The quantitative estimate of drug-likeness (QED) is 0.833. The molecule has 1 aliphatic heterocycles. The van der Waals surface area contributed by atoms with Gasteiger partial charge in [-0.25, -0.2) is 0 Å². The van der Waals surface area contributed by atoms with Crippen molar-refractivity contribution in [3.05, 3.63) is 29.8 Å². The Kier molecular flexibility index (Phi) is 5.23. The topological polar surface area (TPSA) is 69.6 Å². The number of nitrogens with one attached hydrogen (secondary N) is 1. The van der Waals surface area contributed by atoms with E-state index >= 15 is 0 Å². The van der Waals surface area contributed by atoms with Crippen molar-refractivity contribution < 1.29 is 13.5 Å². The van der Waals surface area contributed by atoms with E-state index in [4.69, 9.17) is 5.11 Å². The molecule has 21 heavy (non-hydrogen) atoms. The molecule has 1 unspecified atom stereocenters. The molecule has 1 saturated heterocycles. The lowest BCUT2D eigenvalue weighted by Gasteiger charge is -2.32. The summed E-state index contributed by atoms with van der Waals surface area (Å²) in [5.41, 5.74) is 1.15. The fraction of sp³-hybridized carbons (Fsp3) is 0.467. The largest absolute Gasteiger partial charge is 0.384 e. The van der Waals surface area contributed by atoms with Gasteiger partial charge in [-0.1, -0.05) is 24.3 Å². The van der Waals surface area contributed by atoms with Gasteiger partial charge in [0.15, 0.2) is 0 Å². The third-order valence-corrected chi connectivity index (χ3v) is 5.13. The second-order valence-electron chi connectivity index (χ2n) is 5.10.